The first-order chi connectivity index (χ1) is 4.46. The molecule has 0 aromatic carbocycles. The molecule has 13 heteroatoms. The molecule has 10 nitrogen and oxygen atoms in total. The first-order valence-corrected chi connectivity index (χ1v) is 2.24. The van der Waals surface area contributed by atoms with E-state index in [9.17, 15) is 19.8 Å². The van der Waals surface area contributed by atoms with E-state index in [1.54, 1.807) is 0 Å². The van der Waals surface area contributed by atoms with Gasteiger partial charge in [-0.2, -0.15) is 0 Å². The molecule has 0 spiro atoms. The van der Waals surface area contributed by atoms with Crippen molar-refractivity contribution in [1.29, 1.82) is 0 Å². The van der Waals surface area contributed by atoms with Crippen molar-refractivity contribution in [3.05, 3.63) is 0 Å². The van der Waals surface area contributed by atoms with Gasteiger partial charge in [0.15, 0.2) is 0 Å². The van der Waals surface area contributed by atoms with E-state index in [1.807, 2.05) is 0 Å². The summed E-state index contributed by atoms with van der Waals surface area (Å²) >= 11 is 0. The Bertz CT molecular complexity index is 150. The van der Waals surface area contributed by atoms with Crippen molar-refractivity contribution in [3.63, 3.8) is 0 Å². The molecule has 90 valence electrons. The molecular weight excluding hydrogens is 309 g/mol. The number of hydrogen-bond acceptors (Lipinski definition) is 6. The summed E-state index contributed by atoms with van der Waals surface area (Å²) in [6.07, 6.45) is -4.88. The van der Waals surface area contributed by atoms with E-state index in [4.69, 9.17) is 10.2 Å². The zero-order valence-electron chi connectivity index (χ0n) is 9.68. The molecule has 2 unspecified atom stereocenters. The predicted octanol–water partition coefficient (Wildman–Crippen LogP) is -17.1. The molecule has 0 aromatic rings. The van der Waals surface area contributed by atoms with Crippen LogP contribution >= 0.6 is 0 Å². The van der Waals surface area contributed by atoms with E-state index < -0.39 is 24.1 Å². The van der Waals surface area contributed by atoms with Crippen LogP contribution in [0.25, 0.3) is 0 Å². The molecule has 0 bridgehead atoms. The summed E-state index contributed by atoms with van der Waals surface area (Å²) in [4.78, 5) is 19.3. The molecule has 0 aliphatic heterocycles. The van der Waals surface area contributed by atoms with Gasteiger partial charge in [0.05, 0.1) is 11.9 Å². The van der Waals surface area contributed by atoms with Crippen molar-refractivity contribution in [2.75, 3.05) is 0 Å². The number of carboxylic acid groups (broad SMARTS) is 2. The molecule has 2 atom stereocenters. The predicted molar refractivity (Wildman–Crippen MR) is 36.5 cm³/mol. The topological polar surface area (TPSA) is 247 Å². The maximum atomic E-state index is 9.63. The number of aliphatic hydroxyl groups excluding tert-OH is 2. The zero-order chi connectivity index (χ0) is 8.31. The summed E-state index contributed by atoms with van der Waals surface area (Å²) in [6, 6.07) is 0. The third-order valence-electron chi connectivity index (χ3n) is 0.782. The number of rotatable bonds is 3. The molecule has 17 heavy (non-hydrogen) atoms. The Hall–Kier alpha value is 2.97. The molecule has 0 aliphatic carbocycles. The second-order valence-electron chi connectivity index (χ2n) is 1.53. The number of carboxylic acids is 2. The van der Waals surface area contributed by atoms with Crippen LogP contribution in [0.3, 0.4) is 0 Å². The van der Waals surface area contributed by atoms with Crippen molar-refractivity contribution in [3.8, 4) is 0 Å². The average molecular weight is 321 g/mol. The Kier molecular flexibility index (Phi) is 80.7. The van der Waals surface area contributed by atoms with Crippen LogP contribution in [0.4, 0.5) is 0 Å². The Morgan fingerprint density at radius 1 is 0.765 bits per heavy atom. The van der Waals surface area contributed by atoms with E-state index in [1.165, 1.54) is 0 Å². The van der Waals surface area contributed by atoms with Crippen LogP contribution in [0.5, 0.6) is 0 Å². The Morgan fingerprint density at radius 2 is 0.882 bits per heavy atom. The normalized spacial score (nSPS) is 9.29. The molecular formula is C4H12K2NaO10+. The number of carbonyl (C=O) groups is 2. The van der Waals surface area contributed by atoms with Gasteiger partial charge < -0.3 is 51.9 Å². The smallest absolute Gasteiger partial charge is 0.547 e. The second-order valence-corrected chi connectivity index (χ2v) is 1.53. The van der Waals surface area contributed by atoms with Gasteiger partial charge in [-0.05, 0) is 0 Å². The van der Waals surface area contributed by atoms with Crippen LogP contribution in [0.15, 0.2) is 0 Å². The maximum Gasteiger partial charge on any atom is 1.00 e. The number of aliphatic hydroxyl groups is 2. The van der Waals surface area contributed by atoms with Gasteiger partial charge >= 0.3 is 132 Å². The summed E-state index contributed by atoms with van der Waals surface area (Å²) in [7, 11) is 0. The van der Waals surface area contributed by atoms with Gasteiger partial charge in [-0.15, -0.1) is 0 Å². The molecule has 0 saturated carbocycles. The summed E-state index contributed by atoms with van der Waals surface area (Å²) in [5.41, 5.74) is 0. The Morgan fingerprint density at radius 3 is 0.941 bits per heavy atom. The molecule has 0 radical (unpaired) electrons. The first-order valence-electron chi connectivity index (χ1n) is 2.24. The maximum absolute atomic E-state index is 9.63. The molecule has 0 fully saturated rings. The van der Waals surface area contributed by atoms with E-state index in [2.05, 4.69) is 0 Å². The van der Waals surface area contributed by atoms with E-state index in [-0.39, 0.29) is 154 Å². The Balaban J connectivity index is -0.0000000193. The van der Waals surface area contributed by atoms with Crippen molar-refractivity contribution < 1.29 is 184 Å². The van der Waals surface area contributed by atoms with E-state index in [0.29, 0.717) is 0 Å². The summed E-state index contributed by atoms with van der Waals surface area (Å²) in [5.74, 6) is -4.12. The molecule has 0 saturated heterocycles. The summed E-state index contributed by atoms with van der Waals surface area (Å²) in [5, 5.41) is 35.7. The van der Waals surface area contributed by atoms with Gasteiger partial charge in [0.2, 0.25) is 0 Å². The fourth-order valence-corrected chi connectivity index (χ4v) is 0.258. The third kappa shape index (κ3) is 24.4. The van der Waals surface area contributed by atoms with Gasteiger partial charge in [-0.1, -0.05) is 0 Å². The van der Waals surface area contributed by atoms with Crippen molar-refractivity contribution in [2.45, 2.75) is 12.2 Å². The van der Waals surface area contributed by atoms with Crippen molar-refractivity contribution >= 4 is 11.9 Å². The first kappa shape index (κ1) is 50.2. The van der Waals surface area contributed by atoms with Crippen LogP contribution in [-0.2, 0) is 9.59 Å². The SMILES string of the molecule is O.O.O.O.O=C([O-])C(O)C(O)C(=O)[O-].[K+].[K+].[Na+]. The minimum atomic E-state index is -2.44. The average Bonchev–Trinajstić information content (AvgIpc) is 1.84. The van der Waals surface area contributed by atoms with E-state index in [0.717, 1.165) is 0 Å². The minimum Gasteiger partial charge on any atom is -0.547 e. The largest absolute Gasteiger partial charge is 1.00 e. The quantitative estimate of drug-likeness (QED) is 0.477. The molecule has 10 N–H and O–H groups in total. The number of aliphatic carboxylic acids is 2. The van der Waals surface area contributed by atoms with Crippen LogP contribution in [0.2, 0.25) is 0 Å². The number of carbonyl (C=O) groups excluding carboxylic acids is 2. The number of hydrogen-bond donors (Lipinski definition) is 2. The second kappa shape index (κ2) is 27.3. The van der Waals surface area contributed by atoms with Crippen molar-refractivity contribution in [2.24, 2.45) is 0 Å². The summed E-state index contributed by atoms with van der Waals surface area (Å²) in [6.45, 7) is 0. The molecule has 0 amide bonds. The van der Waals surface area contributed by atoms with Gasteiger partial charge in [0, 0.05) is 0 Å². The van der Waals surface area contributed by atoms with Gasteiger partial charge in [-0.25, -0.2) is 0 Å². The van der Waals surface area contributed by atoms with Crippen LogP contribution < -0.4 is 143 Å². The molecule has 0 rings (SSSR count). The Labute approximate surface area is 204 Å². The van der Waals surface area contributed by atoms with Gasteiger partial charge in [-0.3, -0.25) is 0 Å². The zero-order valence-corrected chi connectivity index (χ0v) is 17.9. The minimum absolute atomic E-state index is 0. The van der Waals surface area contributed by atoms with Gasteiger partial charge in [0.1, 0.15) is 12.2 Å². The van der Waals surface area contributed by atoms with Crippen molar-refractivity contribution in [1.82, 2.24) is 0 Å². The summed E-state index contributed by atoms with van der Waals surface area (Å²) < 4.78 is 0. The van der Waals surface area contributed by atoms with Crippen LogP contribution in [0.1, 0.15) is 0 Å². The van der Waals surface area contributed by atoms with Crippen LogP contribution in [-0.4, -0.2) is 56.3 Å². The monoisotopic (exact) mass is 321 g/mol. The molecule has 0 aliphatic rings. The third-order valence-corrected chi connectivity index (χ3v) is 0.782. The molecule has 0 aromatic heterocycles. The fraction of sp³-hybridized carbons (Fsp3) is 0.500. The van der Waals surface area contributed by atoms with Gasteiger partial charge in [0.25, 0.3) is 0 Å². The standard InChI is InChI=1S/C4H6O6.2K.Na.4H2O/c5-1(3(7)8)2(6)4(9)10;;;;;;;/h1-2,5-6H,(H,7,8)(H,9,10);;;;4*1H2/q;3*+1;;;;/p-2. The fourth-order valence-electron chi connectivity index (χ4n) is 0.258. The van der Waals surface area contributed by atoms with E-state index >= 15 is 0 Å². The van der Waals surface area contributed by atoms with Crippen LogP contribution in [0, 0.1) is 0 Å². The molecule has 0 heterocycles.